The number of sulfone groups is 1. The second kappa shape index (κ2) is 6.58. The van der Waals surface area contributed by atoms with Crippen LogP contribution >= 0.6 is 11.6 Å². The van der Waals surface area contributed by atoms with Crippen LogP contribution in [-0.4, -0.2) is 42.5 Å². The summed E-state index contributed by atoms with van der Waals surface area (Å²) >= 11 is 6.02. The van der Waals surface area contributed by atoms with Gasteiger partial charge in [0.25, 0.3) is 0 Å². The molecule has 0 saturated carbocycles. The van der Waals surface area contributed by atoms with Gasteiger partial charge in [-0.2, -0.15) is 4.98 Å². The molecule has 1 atom stereocenters. The highest BCUT2D eigenvalue weighted by atomic mass is 35.5. The molecule has 8 heteroatoms. The molecule has 1 aromatic rings. The van der Waals surface area contributed by atoms with Gasteiger partial charge in [0.2, 0.25) is 5.95 Å². The van der Waals surface area contributed by atoms with E-state index in [-0.39, 0.29) is 11.0 Å². The molecule has 0 radical (unpaired) electrons. The molecule has 6 nitrogen and oxygen atoms in total. The molecule has 20 heavy (non-hydrogen) atoms. The van der Waals surface area contributed by atoms with Gasteiger partial charge in [0, 0.05) is 13.1 Å². The molecule has 1 fully saturated rings. The van der Waals surface area contributed by atoms with Crippen molar-refractivity contribution in [3.05, 3.63) is 11.2 Å². The maximum absolute atomic E-state index is 11.8. The van der Waals surface area contributed by atoms with E-state index in [1.165, 1.54) is 6.20 Å². The van der Waals surface area contributed by atoms with Crippen LogP contribution in [0.4, 0.5) is 11.8 Å². The predicted molar refractivity (Wildman–Crippen MR) is 81.1 cm³/mol. The van der Waals surface area contributed by atoms with Crippen molar-refractivity contribution in [2.24, 2.45) is 0 Å². The van der Waals surface area contributed by atoms with Crippen LogP contribution in [0, 0.1) is 0 Å². The average molecular weight is 319 g/mol. The third-order valence-electron chi connectivity index (χ3n) is 3.24. The number of anilines is 2. The zero-order valence-corrected chi connectivity index (χ0v) is 13.0. The van der Waals surface area contributed by atoms with Crippen molar-refractivity contribution in [1.29, 1.82) is 0 Å². The highest BCUT2D eigenvalue weighted by molar-refractivity contribution is 7.92. The Morgan fingerprint density at radius 1 is 1.45 bits per heavy atom. The average Bonchev–Trinajstić information content (AvgIpc) is 2.75. The van der Waals surface area contributed by atoms with E-state index >= 15 is 0 Å². The first-order valence-corrected chi connectivity index (χ1v) is 8.84. The number of nitrogens with one attached hydrogen (secondary N) is 2. The largest absolute Gasteiger partial charge is 0.367 e. The van der Waals surface area contributed by atoms with Crippen molar-refractivity contribution in [1.82, 2.24) is 9.97 Å². The molecule has 0 aliphatic carbocycles. The second-order valence-electron chi connectivity index (χ2n) is 4.83. The monoisotopic (exact) mass is 318 g/mol. The molecule has 112 valence electrons. The van der Waals surface area contributed by atoms with Gasteiger partial charge in [0.15, 0.2) is 15.7 Å². The molecule has 1 aliphatic heterocycles. The number of hydrogen-bond acceptors (Lipinski definition) is 6. The fraction of sp³-hybridized carbons (Fsp3) is 0.667. The number of rotatable bonds is 6. The number of nitrogens with zero attached hydrogens (tertiary/aromatic N) is 2. The number of hydrogen-bond donors (Lipinski definition) is 2. The Labute approximate surface area is 124 Å². The summed E-state index contributed by atoms with van der Waals surface area (Å²) in [6.07, 6.45) is 3.90. The van der Waals surface area contributed by atoms with Crippen molar-refractivity contribution in [2.75, 3.05) is 29.5 Å². The van der Waals surface area contributed by atoms with Gasteiger partial charge in [-0.1, -0.05) is 18.5 Å². The Hall–Kier alpha value is -1.08. The van der Waals surface area contributed by atoms with Crippen LogP contribution in [0.15, 0.2) is 6.20 Å². The quantitative estimate of drug-likeness (QED) is 0.834. The molecule has 2 N–H and O–H groups in total. The Morgan fingerprint density at radius 2 is 2.25 bits per heavy atom. The zero-order chi connectivity index (χ0) is 14.6. The zero-order valence-electron chi connectivity index (χ0n) is 11.4. The molecular formula is C12H19ClN4O2S. The van der Waals surface area contributed by atoms with Gasteiger partial charge in [-0.15, -0.1) is 0 Å². The summed E-state index contributed by atoms with van der Waals surface area (Å²) in [5.74, 6) is 1.25. The summed E-state index contributed by atoms with van der Waals surface area (Å²) in [5.41, 5.74) is 0. The first kappa shape index (κ1) is 15.3. The third kappa shape index (κ3) is 3.73. The van der Waals surface area contributed by atoms with Crippen LogP contribution in [0.25, 0.3) is 0 Å². The van der Waals surface area contributed by atoms with Crippen LogP contribution in [0.5, 0.6) is 0 Å². The van der Waals surface area contributed by atoms with Gasteiger partial charge in [-0.3, -0.25) is 0 Å². The molecule has 0 spiro atoms. The Kier molecular flexibility index (Phi) is 5.04. The second-order valence-corrected chi connectivity index (χ2v) is 7.64. The predicted octanol–water partition coefficient (Wildman–Crippen LogP) is 1.94. The van der Waals surface area contributed by atoms with E-state index in [4.69, 9.17) is 11.6 Å². The van der Waals surface area contributed by atoms with E-state index in [0.29, 0.717) is 29.8 Å². The summed E-state index contributed by atoms with van der Waals surface area (Å²) in [6.45, 7) is 3.16. The van der Waals surface area contributed by atoms with Crippen LogP contribution in [0.2, 0.25) is 5.02 Å². The first-order valence-electron chi connectivity index (χ1n) is 6.75. The van der Waals surface area contributed by atoms with E-state index < -0.39 is 9.84 Å². The molecule has 2 heterocycles. The lowest BCUT2D eigenvalue weighted by molar-refractivity contribution is 0.591. The lowest BCUT2D eigenvalue weighted by Crippen LogP contribution is -2.25. The minimum atomic E-state index is -2.96. The standard InChI is InChI=1S/C12H19ClN4O2S/c1-2-5-14-12-16-8-10(13)11(17-12)15-7-9-4-3-6-20(9,18)19/h8-9H,2-7H2,1H3,(H2,14,15,16,17). The van der Waals surface area contributed by atoms with Crippen LogP contribution in [-0.2, 0) is 9.84 Å². The van der Waals surface area contributed by atoms with E-state index in [1.807, 2.05) is 6.92 Å². The normalized spacial score (nSPS) is 20.8. The van der Waals surface area contributed by atoms with Crippen molar-refractivity contribution in [3.63, 3.8) is 0 Å². The fourth-order valence-corrected chi connectivity index (χ4v) is 4.03. The maximum Gasteiger partial charge on any atom is 0.224 e. The van der Waals surface area contributed by atoms with E-state index in [2.05, 4.69) is 20.6 Å². The van der Waals surface area contributed by atoms with Crippen LogP contribution < -0.4 is 10.6 Å². The molecule has 1 saturated heterocycles. The smallest absolute Gasteiger partial charge is 0.224 e. The van der Waals surface area contributed by atoms with Gasteiger partial charge >= 0.3 is 0 Å². The molecule has 0 amide bonds. The van der Waals surface area contributed by atoms with Gasteiger partial charge < -0.3 is 10.6 Å². The lowest BCUT2D eigenvalue weighted by Gasteiger charge is -2.13. The Balaban J connectivity index is 2.01. The molecule has 2 rings (SSSR count). The summed E-state index contributed by atoms with van der Waals surface area (Å²) in [4.78, 5) is 8.33. The van der Waals surface area contributed by atoms with Crippen molar-refractivity contribution >= 4 is 33.2 Å². The maximum atomic E-state index is 11.8. The van der Waals surface area contributed by atoms with Crippen LogP contribution in [0.3, 0.4) is 0 Å². The lowest BCUT2D eigenvalue weighted by atomic mass is 10.2. The molecule has 0 bridgehead atoms. The summed E-state index contributed by atoms with van der Waals surface area (Å²) in [6, 6.07) is 0. The molecule has 0 aromatic carbocycles. The van der Waals surface area contributed by atoms with Gasteiger partial charge in [0.05, 0.1) is 17.2 Å². The first-order chi connectivity index (χ1) is 9.53. The van der Waals surface area contributed by atoms with Crippen molar-refractivity contribution in [3.8, 4) is 0 Å². The highest BCUT2D eigenvalue weighted by Crippen LogP contribution is 2.23. The summed E-state index contributed by atoms with van der Waals surface area (Å²) in [5, 5.41) is 6.14. The van der Waals surface area contributed by atoms with Crippen molar-refractivity contribution in [2.45, 2.75) is 31.4 Å². The third-order valence-corrected chi connectivity index (χ3v) is 5.79. The highest BCUT2D eigenvalue weighted by Gasteiger charge is 2.31. The topological polar surface area (TPSA) is 84.0 Å². The minimum Gasteiger partial charge on any atom is -0.367 e. The number of halogens is 1. The molecular weight excluding hydrogens is 300 g/mol. The molecule has 1 unspecified atom stereocenters. The van der Waals surface area contributed by atoms with Gasteiger partial charge in [0.1, 0.15) is 5.02 Å². The minimum absolute atomic E-state index is 0.278. The fourth-order valence-electron chi connectivity index (χ4n) is 2.11. The van der Waals surface area contributed by atoms with Crippen LogP contribution in [0.1, 0.15) is 26.2 Å². The molecule has 1 aromatic heterocycles. The van der Waals surface area contributed by atoms with E-state index in [9.17, 15) is 8.42 Å². The summed E-state index contributed by atoms with van der Waals surface area (Å²) < 4.78 is 23.5. The van der Waals surface area contributed by atoms with E-state index in [0.717, 1.165) is 19.4 Å². The van der Waals surface area contributed by atoms with E-state index in [1.54, 1.807) is 0 Å². The van der Waals surface area contributed by atoms with Gasteiger partial charge in [-0.05, 0) is 19.3 Å². The SMILES string of the molecule is CCCNc1ncc(Cl)c(NCC2CCCS2(=O)=O)n1. The summed E-state index contributed by atoms with van der Waals surface area (Å²) in [7, 11) is -2.96. The number of aromatic nitrogens is 2. The van der Waals surface area contributed by atoms with Gasteiger partial charge in [-0.25, -0.2) is 13.4 Å². The molecule has 1 aliphatic rings. The Bertz CT molecular complexity index is 565. The van der Waals surface area contributed by atoms with Crippen molar-refractivity contribution < 1.29 is 8.42 Å². The Morgan fingerprint density at radius 3 is 2.90 bits per heavy atom.